The van der Waals surface area contributed by atoms with E-state index in [2.05, 4.69) is 10.6 Å². The normalized spacial score (nSPS) is 39.0. The van der Waals surface area contributed by atoms with E-state index >= 15 is 0 Å². The van der Waals surface area contributed by atoms with E-state index in [0.29, 0.717) is 45.1 Å². The molecule has 0 radical (unpaired) electrons. The third-order valence-electron chi connectivity index (χ3n) is 6.92. The van der Waals surface area contributed by atoms with Crippen molar-refractivity contribution in [2.45, 2.75) is 99.5 Å². The van der Waals surface area contributed by atoms with Gasteiger partial charge in [0.1, 0.15) is 19.0 Å². The monoisotopic (exact) mass is 482 g/mol. The zero-order chi connectivity index (χ0) is 22.4. The Morgan fingerprint density at radius 1 is 0.871 bits per heavy atom. The molecule has 3 aliphatic carbocycles. The Morgan fingerprint density at radius 2 is 1.52 bits per heavy atom. The molecule has 3 saturated carbocycles. The summed E-state index contributed by atoms with van der Waals surface area (Å²) in [4.78, 5) is 24.6. The van der Waals surface area contributed by atoms with E-state index in [9.17, 15) is 18.4 Å². The first-order valence-corrected chi connectivity index (χ1v) is 12.4. The minimum atomic E-state index is -1.08. The predicted molar refractivity (Wildman–Crippen MR) is 117 cm³/mol. The van der Waals surface area contributed by atoms with Crippen LogP contribution >= 0.6 is 23.2 Å². The molecule has 0 spiro atoms. The van der Waals surface area contributed by atoms with Gasteiger partial charge in [0.15, 0.2) is 0 Å². The number of carbonyl (C=O) groups excluding carboxylic acids is 2. The van der Waals surface area contributed by atoms with Gasteiger partial charge in [0.25, 0.3) is 0 Å². The van der Waals surface area contributed by atoms with E-state index in [4.69, 9.17) is 27.9 Å². The predicted octanol–water partition coefficient (Wildman–Crippen LogP) is 4.04. The summed E-state index contributed by atoms with van der Waals surface area (Å²) in [6.45, 7) is 0.424. The van der Waals surface area contributed by atoms with E-state index in [1.165, 1.54) is 0 Å². The molecule has 0 aromatic rings. The van der Waals surface area contributed by atoms with Gasteiger partial charge in [0.05, 0.1) is 16.9 Å². The minimum absolute atomic E-state index is 0.0205. The molecule has 2 N–H and O–H groups in total. The van der Waals surface area contributed by atoms with Gasteiger partial charge in [-0.25, -0.2) is 8.78 Å². The van der Waals surface area contributed by atoms with Crippen LogP contribution in [0, 0.1) is 11.8 Å². The molecule has 0 saturated heterocycles. The maximum Gasteiger partial charge on any atom is 0.246 e. The third kappa shape index (κ3) is 7.71. The van der Waals surface area contributed by atoms with Gasteiger partial charge in [-0.1, -0.05) is 0 Å². The van der Waals surface area contributed by atoms with Crippen molar-refractivity contribution in [1.82, 2.24) is 10.6 Å². The van der Waals surface area contributed by atoms with E-state index in [1.54, 1.807) is 0 Å². The summed E-state index contributed by atoms with van der Waals surface area (Å²) in [5, 5.41) is 5.09. The van der Waals surface area contributed by atoms with Gasteiger partial charge in [-0.3, -0.25) is 9.59 Å². The molecule has 5 nitrogen and oxygen atoms in total. The number of carbonyl (C=O) groups is 2. The Kier molecular flexibility index (Phi) is 9.66. The number of halogens is 4. The Balaban J connectivity index is 1.28. The molecule has 0 aromatic heterocycles. The molecule has 3 aliphatic rings. The zero-order valence-electron chi connectivity index (χ0n) is 17.8. The van der Waals surface area contributed by atoms with Gasteiger partial charge < -0.3 is 15.4 Å². The Morgan fingerprint density at radius 3 is 2.16 bits per heavy atom. The van der Waals surface area contributed by atoms with Crippen LogP contribution in [0.4, 0.5) is 8.78 Å². The number of rotatable bonds is 7. The molecule has 31 heavy (non-hydrogen) atoms. The van der Waals surface area contributed by atoms with Crippen molar-refractivity contribution in [3.63, 3.8) is 0 Å². The number of alkyl halides is 4. The van der Waals surface area contributed by atoms with Gasteiger partial charge >= 0.3 is 0 Å². The molecule has 0 bridgehead atoms. The molecule has 3 rings (SSSR count). The summed E-state index contributed by atoms with van der Waals surface area (Å²) in [7, 11) is 0. The summed E-state index contributed by atoms with van der Waals surface area (Å²) < 4.78 is 32.9. The smallest absolute Gasteiger partial charge is 0.246 e. The van der Waals surface area contributed by atoms with E-state index < -0.39 is 23.1 Å². The maximum absolute atomic E-state index is 13.7. The first-order valence-electron chi connectivity index (χ1n) is 11.6. The fraction of sp³-hybridized carbons (Fsp3) is 0.909. The van der Waals surface area contributed by atoms with Crippen LogP contribution in [0.1, 0.15) is 64.2 Å². The average Bonchev–Trinajstić information content (AvgIpc) is 2.75. The van der Waals surface area contributed by atoms with Gasteiger partial charge in [0.2, 0.25) is 11.8 Å². The van der Waals surface area contributed by atoms with Crippen molar-refractivity contribution in [3.05, 3.63) is 0 Å². The van der Waals surface area contributed by atoms with Gasteiger partial charge in [-0.15, -0.1) is 23.2 Å². The zero-order valence-corrected chi connectivity index (χ0v) is 19.4. The molecular weight excluding hydrogens is 449 g/mol. The fourth-order valence-electron chi connectivity index (χ4n) is 4.89. The van der Waals surface area contributed by atoms with Crippen LogP contribution in [-0.4, -0.2) is 60.2 Å². The van der Waals surface area contributed by atoms with E-state index in [-0.39, 0.29) is 48.8 Å². The SMILES string of the molecule is O=C(COC1CCC(Cl)C(F)C1)NC1CCC(C(=O)NCC2CCC(Cl)C(F)C2)CC1. The Bertz CT molecular complexity index is 607. The van der Waals surface area contributed by atoms with Crippen molar-refractivity contribution < 1.29 is 23.1 Å². The topological polar surface area (TPSA) is 67.4 Å². The molecule has 0 heterocycles. The lowest BCUT2D eigenvalue weighted by atomic mass is 9.84. The summed E-state index contributed by atoms with van der Waals surface area (Å²) in [6.07, 6.45) is 3.92. The second-order valence-corrected chi connectivity index (χ2v) is 10.5. The molecule has 6 atom stereocenters. The van der Waals surface area contributed by atoms with Crippen molar-refractivity contribution in [1.29, 1.82) is 0 Å². The highest BCUT2D eigenvalue weighted by Gasteiger charge is 2.32. The molecule has 0 aliphatic heterocycles. The number of hydrogen-bond acceptors (Lipinski definition) is 3. The van der Waals surface area contributed by atoms with Crippen molar-refractivity contribution in [2.75, 3.05) is 13.2 Å². The van der Waals surface area contributed by atoms with Crippen molar-refractivity contribution >= 4 is 35.0 Å². The molecule has 3 fully saturated rings. The molecule has 9 heteroatoms. The highest BCUT2D eigenvalue weighted by atomic mass is 35.5. The van der Waals surface area contributed by atoms with Crippen LogP contribution in [-0.2, 0) is 14.3 Å². The van der Waals surface area contributed by atoms with Gasteiger partial charge in [0, 0.05) is 24.9 Å². The molecule has 6 unspecified atom stereocenters. The highest BCUT2D eigenvalue weighted by Crippen LogP contribution is 2.31. The summed E-state index contributed by atoms with van der Waals surface area (Å²) in [5.74, 6) is -0.0990. The van der Waals surface area contributed by atoms with Crippen LogP contribution in [0.5, 0.6) is 0 Å². The average molecular weight is 483 g/mol. The maximum atomic E-state index is 13.7. The van der Waals surface area contributed by atoms with Crippen molar-refractivity contribution in [2.24, 2.45) is 11.8 Å². The second-order valence-electron chi connectivity index (χ2n) is 9.35. The largest absolute Gasteiger partial charge is 0.368 e. The first kappa shape index (κ1) is 25.0. The first-order chi connectivity index (χ1) is 14.8. The third-order valence-corrected chi connectivity index (χ3v) is 7.91. The summed E-state index contributed by atoms with van der Waals surface area (Å²) in [6, 6.07) is 0.0268. The molecule has 0 aromatic carbocycles. The highest BCUT2D eigenvalue weighted by molar-refractivity contribution is 6.21. The number of nitrogens with one attached hydrogen (secondary N) is 2. The molecule has 178 valence electrons. The second kappa shape index (κ2) is 12.0. The van der Waals surface area contributed by atoms with Crippen LogP contribution < -0.4 is 10.6 Å². The summed E-state index contributed by atoms with van der Waals surface area (Å²) in [5.41, 5.74) is 0. The van der Waals surface area contributed by atoms with Gasteiger partial charge in [-0.05, 0) is 63.7 Å². The van der Waals surface area contributed by atoms with E-state index in [1.807, 2.05) is 0 Å². The Labute approximate surface area is 193 Å². The number of ether oxygens (including phenoxy) is 1. The number of hydrogen-bond donors (Lipinski definition) is 2. The van der Waals surface area contributed by atoms with Crippen LogP contribution in [0.3, 0.4) is 0 Å². The standard InChI is InChI=1S/C22H34Cl2F2N2O3/c23-17-7-1-13(9-19(17)25)11-27-22(30)14-2-4-15(5-3-14)28-21(29)12-31-16-6-8-18(24)20(26)10-16/h13-20H,1-12H2,(H,27,30)(H,28,29). The van der Waals surface area contributed by atoms with Crippen molar-refractivity contribution in [3.8, 4) is 0 Å². The van der Waals surface area contributed by atoms with Gasteiger partial charge in [-0.2, -0.15) is 0 Å². The summed E-state index contributed by atoms with van der Waals surface area (Å²) >= 11 is 11.8. The lowest BCUT2D eigenvalue weighted by molar-refractivity contribution is -0.130. The Hall–Kier alpha value is -0.660. The fourth-order valence-corrected chi connectivity index (χ4v) is 5.35. The lowest BCUT2D eigenvalue weighted by Gasteiger charge is -2.31. The van der Waals surface area contributed by atoms with E-state index in [0.717, 1.165) is 19.3 Å². The molecule has 2 amide bonds. The molecular formula is C22H34Cl2F2N2O3. The minimum Gasteiger partial charge on any atom is -0.368 e. The number of amides is 2. The quantitative estimate of drug-likeness (QED) is 0.538. The lowest BCUT2D eigenvalue weighted by Crippen LogP contribution is -2.43. The van der Waals surface area contributed by atoms with Crippen LogP contribution in [0.25, 0.3) is 0 Å². The van der Waals surface area contributed by atoms with Crippen LogP contribution in [0.15, 0.2) is 0 Å². The van der Waals surface area contributed by atoms with Crippen LogP contribution in [0.2, 0.25) is 0 Å².